The number of nitro groups is 1. The van der Waals surface area contributed by atoms with Crippen LogP contribution in [0.1, 0.15) is 5.56 Å². The van der Waals surface area contributed by atoms with Gasteiger partial charge in [-0.25, -0.2) is 17.2 Å². The molecule has 0 aliphatic rings. The Morgan fingerprint density at radius 2 is 1.82 bits per heavy atom. The molecule has 0 aliphatic carbocycles. The highest BCUT2D eigenvalue weighted by Gasteiger charge is 2.15. The van der Waals surface area contributed by atoms with E-state index in [1.54, 1.807) is 0 Å². The van der Waals surface area contributed by atoms with Crippen molar-refractivity contribution in [1.29, 1.82) is 0 Å². The SMILES string of the molecule is O=[N+]([O-])c1cccc(CS(=O)(=O)Nc2ccc(F)c(F)c2)c1. The first-order valence-electron chi connectivity index (χ1n) is 5.96. The van der Waals surface area contributed by atoms with Crippen molar-refractivity contribution < 1.29 is 22.1 Å². The second-order valence-electron chi connectivity index (χ2n) is 4.42. The van der Waals surface area contributed by atoms with Crippen LogP contribution in [0.15, 0.2) is 42.5 Å². The van der Waals surface area contributed by atoms with Crippen LogP contribution >= 0.6 is 0 Å². The molecular weight excluding hydrogens is 318 g/mol. The van der Waals surface area contributed by atoms with E-state index >= 15 is 0 Å². The van der Waals surface area contributed by atoms with Gasteiger partial charge in [0, 0.05) is 18.2 Å². The number of halogens is 2. The molecule has 2 rings (SSSR count). The van der Waals surface area contributed by atoms with Crippen LogP contribution in [0.4, 0.5) is 20.2 Å². The minimum Gasteiger partial charge on any atom is -0.283 e. The van der Waals surface area contributed by atoms with Gasteiger partial charge in [-0.1, -0.05) is 12.1 Å². The van der Waals surface area contributed by atoms with E-state index < -0.39 is 32.3 Å². The second kappa shape index (κ2) is 6.06. The fraction of sp³-hybridized carbons (Fsp3) is 0.0769. The average Bonchev–Trinajstić information content (AvgIpc) is 2.42. The molecule has 0 spiro atoms. The lowest BCUT2D eigenvalue weighted by molar-refractivity contribution is -0.384. The van der Waals surface area contributed by atoms with E-state index in [9.17, 15) is 27.3 Å². The summed E-state index contributed by atoms with van der Waals surface area (Å²) in [5.41, 5.74) is -0.172. The van der Waals surface area contributed by atoms with Crippen LogP contribution < -0.4 is 4.72 Å². The van der Waals surface area contributed by atoms with E-state index in [1.165, 1.54) is 18.2 Å². The van der Waals surface area contributed by atoms with Crippen molar-refractivity contribution in [2.24, 2.45) is 0 Å². The van der Waals surface area contributed by atoms with E-state index in [-0.39, 0.29) is 16.9 Å². The third kappa shape index (κ3) is 3.98. The van der Waals surface area contributed by atoms with Crippen molar-refractivity contribution in [3.05, 3.63) is 69.8 Å². The fourth-order valence-corrected chi connectivity index (χ4v) is 2.93. The van der Waals surface area contributed by atoms with Crippen molar-refractivity contribution in [3.63, 3.8) is 0 Å². The van der Waals surface area contributed by atoms with Gasteiger partial charge >= 0.3 is 0 Å². The summed E-state index contributed by atoms with van der Waals surface area (Å²) < 4.78 is 51.8. The third-order valence-electron chi connectivity index (χ3n) is 2.67. The number of nitrogens with one attached hydrogen (secondary N) is 1. The number of hydrogen-bond donors (Lipinski definition) is 1. The van der Waals surface area contributed by atoms with Gasteiger partial charge in [0.25, 0.3) is 5.69 Å². The van der Waals surface area contributed by atoms with Crippen molar-refractivity contribution in [3.8, 4) is 0 Å². The Morgan fingerprint density at radius 3 is 2.45 bits per heavy atom. The maximum Gasteiger partial charge on any atom is 0.269 e. The van der Waals surface area contributed by atoms with Gasteiger partial charge in [-0.15, -0.1) is 0 Å². The third-order valence-corrected chi connectivity index (χ3v) is 3.93. The summed E-state index contributed by atoms with van der Waals surface area (Å²) in [5, 5.41) is 10.6. The highest BCUT2D eigenvalue weighted by Crippen LogP contribution is 2.18. The summed E-state index contributed by atoms with van der Waals surface area (Å²) in [6.45, 7) is 0. The molecule has 0 aromatic heterocycles. The van der Waals surface area contributed by atoms with Crippen molar-refractivity contribution in [2.75, 3.05) is 4.72 Å². The van der Waals surface area contributed by atoms with Gasteiger partial charge in [0.15, 0.2) is 11.6 Å². The van der Waals surface area contributed by atoms with Gasteiger partial charge in [0.05, 0.1) is 16.4 Å². The van der Waals surface area contributed by atoms with Crippen LogP contribution in [-0.4, -0.2) is 13.3 Å². The maximum absolute atomic E-state index is 13.0. The van der Waals surface area contributed by atoms with E-state index in [1.807, 2.05) is 0 Å². The minimum absolute atomic E-state index is 0.135. The highest BCUT2D eigenvalue weighted by atomic mass is 32.2. The van der Waals surface area contributed by atoms with Crippen LogP contribution in [-0.2, 0) is 15.8 Å². The lowest BCUT2D eigenvalue weighted by Crippen LogP contribution is -2.15. The molecule has 0 bridgehead atoms. The zero-order chi connectivity index (χ0) is 16.3. The van der Waals surface area contributed by atoms with E-state index in [4.69, 9.17) is 0 Å². The van der Waals surface area contributed by atoms with E-state index in [0.29, 0.717) is 6.07 Å². The van der Waals surface area contributed by atoms with Gasteiger partial charge in [0.2, 0.25) is 10.0 Å². The molecule has 0 unspecified atom stereocenters. The molecule has 0 saturated heterocycles. The van der Waals surface area contributed by atoms with Gasteiger partial charge in [-0.3, -0.25) is 14.8 Å². The van der Waals surface area contributed by atoms with Gasteiger partial charge in [-0.2, -0.15) is 0 Å². The standard InChI is InChI=1S/C13H10F2N2O4S/c14-12-5-4-10(7-13(12)15)16-22(20,21)8-9-2-1-3-11(6-9)17(18)19/h1-7,16H,8H2. The first kappa shape index (κ1) is 15.8. The Labute approximate surface area is 124 Å². The molecule has 0 saturated carbocycles. The molecule has 9 heteroatoms. The lowest BCUT2D eigenvalue weighted by atomic mass is 10.2. The second-order valence-corrected chi connectivity index (χ2v) is 6.14. The van der Waals surface area contributed by atoms with Crippen molar-refractivity contribution in [1.82, 2.24) is 0 Å². The maximum atomic E-state index is 13.0. The summed E-state index contributed by atoms with van der Waals surface area (Å²) >= 11 is 0. The lowest BCUT2D eigenvalue weighted by Gasteiger charge is -2.08. The largest absolute Gasteiger partial charge is 0.283 e. The topological polar surface area (TPSA) is 89.3 Å². The number of sulfonamides is 1. The van der Waals surface area contributed by atoms with Crippen LogP contribution in [0.25, 0.3) is 0 Å². The van der Waals surface area contributed by atoms with Crippen molar-refractivity contribution in [2.45, 2.75) is 5.75 Å². The molecule has 2 aromatic rings. The molecule has 0 atom stereocenters. The molecule has 0 radical (unpaired) electrons. The first-order chi connectivity index (χ1) is 10.3. The molecule has 2 aromatic carbocycles. The Kier molecular flexibility index (Phi) is 4.36. The molecule has 22 heavy (non-hydrogen) atoms. The van der Waals surface area contributed by atoms with Gasteiger partial charge in [0.1, 0.15) is 0 Å². The van der Waals surface area contributed by atoms with Crippen LogP contribution in [0, 0.1) is 21.7 Å². The monoisotopic (exact) mass is 328 g/mol. The molecule has 1 N–H and O–H groups in total. The number of non-ortho nitro benzene ring substituents is 1. The normalized spacial score (nSPS) is 11.2. The smallest absolute Gasteiger partial charge is 0.269 e. The summed E-state index contributed by atoms with van der Waals surface area (Å²) in [6.07, 6.45) is 0. The number of nitrogens with zero attached hydrogens (tertiary/aromatic N) is 1. The summed E-state index contributed by atoms with van der Waals surface area (Å²) in [5.74, 6) is -2.81. The Balaban J connectivity index is 2.19. The van der Waals surface area contributed by atoms with Crippen LogP contribution in [0.3, 0.4) is 0 Å². The molecule has 0 amide bonds. The molecule has 0 fully saturated rings. The molecule has 0 aliphatic heterocycles. The first-order valence-corrected chi connectivity index (χ1v) is 7.61. The zero-order valence-electron chi connectivity index (χ0n) is 11.0. The number of anilines is 1. The predicted octanol–water partition coefficient (Wildman–Crippen LogP) is 2.81. The Bertz CT molecular complexity index is 825. The van der Waals surface area contributed by atoms with Crippen LogP contribution in [0.2, 0.25) is 0 Å². The van der Waals surface area contributed by atoms with E-state index in [2.05, 4.69) is 4.72 Å². The Hall–Kier alpha value is -2.55. The number of benzene rings is 2. The van der Waals surface area contributed by atoms with Crippen LogP contribution in [0.5, 0.6) is 0 Å². The number of rotatable bonds is 5. The molecule has 116 valence electrons. The molecular formula is C13H10F2N2O4S. The Morgan fingerprint density at radius 1 is 1.09 bits per heavy atom. The van der Waals surface area contributed by atoms with Crippen molar-refractivity contribution >= 4 is 21.4 Å². The predicted molar refractivity (Wildman–Crippen MR) is 75.7 cm³/mol. The average molecular weight is 328 g/mol. The fourth-order valence-electron chi connectivity index (χ4n) is 1.75. The number of hydrogen-bond acceptors (Lipinski definition) is 4. The summed E-state index contributed by atoms with van der Waals surface area (Å²) in [4.78, 5) is 10.0. The molecule has 6 nitrogen and oxygen atoms in total. The van der Waals surface area contributed by atoms with Gasteiger partial charge < -0.3 is 0 Å². The zero-order valence-corrected chi connectivity index (χ0v) is 11.8. The number of nitro benzene ring substituents is 1. The van der Waals surface area contributed by atoms with Gasteiger partial charge in [-0.05, 0) is 17.7 Å². The summed E-state index contributed by atoms with van der Waals surface area (Å²) in [6, 6.07) is 7.71. The quantitative estimate of drug-likeness (QED) is 0.675. The molecule has 0 heterocycles. The highest BCUT2D eigenvalue weighted by molar-refractivity contribution is 7.91. The minimum atomic E-state index is -3.92. The summed E-state index contributed by atoms with van der Waals surface area (Å²) in [7, 11) is -3.92. The van der Waals surface area contributed by atoms with E-state index in [0.717, 1.165) is 18.2 Å².